The molecule has 0 aliphatic heterocycles. The van der Waals surface area contributed by atoms with Gasteiger partial charge in [-0.3, -0.25) is 0 Å². The van der Waals surface area contributed by atoms with Crippen molar-refractivity contribution in [3.63, 3.8) is 0 Å². The quantitative estimate of drug-likeness (QED) is 0.238. The summed E-state index contributed by atoms with van der Waals surface area (Å²) in [6.45, 7) is 11.9. The Morgan fingerprint density at radius 1 is 0.405 bits per heavy atom. The minimum atomic E-state index is -0.0495. The van der Waals surface area contributed by atoms with Crippen molar-refractivity contribution in [1.82, 2.24) is 0 Å². The lowest BCUT2D eigenvalue weighted by Crippen LogP contribution is -2.17. The predicted octanol–water partition coefficient (Wildman–Crippen LogP) is 9.94. The summed E-state index contributed by atoms with van der Waals surface area (Å²) in [5, 5.41) is 0. The fourth-order valence-corrected chi connectivity index (χ4v) is 6.89. The van der Waals surface area contributed by atoms with E-state index in [1.54, 1.807) is 0 Å². The molecule has 0 saturated heterocycles. The molecule has 180 valence electrons. The summed E-state index contributed by atoms with van der Waals surface area (Å²) in [7, 11) is 0. The van der Waals surface area contributed by atoms with Crippen LogP contribution in [0, 0.1) is 6.92 Å². The molecule has 2 aliphatic rings. The summed E-state index contributed by atoms with van der Waals surface area (Å²) in [6.07, 6.45) is 0. The first kappa shape index (κ1) is 22.3. The molecule has 5 aromatic rings. The van der Waals surface area contributed by atoms with E-state index >= 15 is 0 Å². The molecule has 0 N–H and O–H groups in total. The number of hydrogen-bond acceptors (Lipinski definition) is 0. The van der Waals surface area contributed by atoms with Crippen LogP contribution in [0.1, 0.15) is 55.5 Å². The first-order chi connectivity index (χ1) is 17.8. The number of fused-ring (bicyclic) bond motifs is 6. The number of hydrogen-bond donors (Lipinski definition) is 0. The molecule has 7 rings (SSSR count). The largest absolute Gasteiger partial charge is 0.0622 e. The SMILES string of the molecule is Cc1cc(-c2ccccc2)cc2c1-c1cc3c(cc1C2(C)C)-c1ccc(-c2ccccc2)cc1C3(C)C. The van der Waals surface area contributed by atoms with Gasteiger partial charge in [0.1, 0.15) is 0 Å². The molecule has 0 heterocycles. The van der Waals surface area contributed by atoms with Gasteiger partial charge in [0.15, 0.2) is 0 Å². The summed E-state index contributed by atoms with van der Waals surface area (Å²) in [4.78, 5) is 0. The summed E-state index contributed by atoms with van der Waals surface area (Å²) in [5.41, 5.74) is 17.8. The van der Waals surface area contributed by atoms with E-state index in [-0.39, 0.29) is 10.8 Å². The maximum Gasteiger partial charge on any atom is 0.0159 e. The number of benzene rings is 5. The van der Waals surface area contributed by atoms with Crippen LogP contribution in [0.4, 0.5) is 0 Å². The van der Waals surface area contributed by atoms with Gasteiger partial charge < -0.3 is 0 Å². The molecule has 0 heteroatoms. The average Bonchev–Trinajstić information content (AvgIpc) is 3.28. The molecule has 0 amide bonds. The third-order valence-electron chi connectivity index (χ3n) is 8.98. The van der Waals surface area contributed by atoms with Crippen LogP contribution < -0.4 is 0 Å². The van der Waals surface area contributed by atoms with Gasteiger partial charge in [-0.15, -0.1) is 0 Å². The zero-order chi connectivity index (χ0) is 25.5. The molecule has 0 radical (unpaired) electrons. The van der Waals surface area contributed by atoms with Gasteiger partial charge >= 0.3 is 0 Å². The lowest BCUT2D eigenvalue weighted by molar-refractivity contribution is 0.652. The molecule has 0 atom stereocenters. The van der Waals surface area contributed by atoms with Crippen molar-refractivity contribution in [1.29, 1.82) is 0 Å². The van der Waals surface area contributed by atoms with Crippen LogP contribution >= 0.6 is 0 Å². The molecule has 0 fully saturated rings. The molecular weight excluding hydrogens is 444 g/mol. The van der Waals surface area contributed by atoms with E-state index in [0.29, 0.717) is 0 Å². The predicted molar refractivity (Wildman–Crippen MR) is 157 cm³/mol. The van der Waals surface area contributed by atoms with E-state index in [9.17, 15) is 0 Å². The Morgan fingerprint density at radius 2 is 0.919 bits per heavy atom. The van der Waals surface area contributed by atoms with Gasteiger partial charge in [-0.1, -0.05) is 107 Å². The standard InChI is InChI=1S/C37H32/c1-23-18-27(25-14-10-7-11-15-25)20-34-35(23)30-22-32-29(21-33(30)37(34,4)5)28-17-16-26(19-31(28)36(32,2)3)24-12-8-6-9-13-24/h6-22H,1-5H3. The molecule has 0 spiro atoms. The zero-order valence-corrected chi connectivity index (χ0v) is 22.3. The second-order valence-electron chi connectivity index (χ2n) is 11.9. The molecule has 0 saturated carbocycles. The molecule has 0 aromatic heterocycles. The van der Waals surface area contributed by atoms with Crippen molar-refractivity contribution in [2.75, 3.05) is 0 Å². The normalized spacial score (nSPS) is 15.6. The van der Waals surface area contributed by atoms with Crippen LogP contribution in [0.25, 0.3) is 44.5 Å². The highest BCUT2D eigenvalue weighted by Gasteiger charge is 2.42. The van der Waals surface area contributed by atoms with Crippen LogP contribution in [-0.2, 0) is 10.8 Å². The Balaban J connectivity index is 1.41. The van der Waals surface area contributed by atoms with Crippen molar-refractivity contribution in [3.05, 3.63) is 131 Å². The van der Waals surface area contributed by atoms with Gasteiger partial charge in [0.05, 0.1) is 0 Å². The Morgan fingerprint density at radius 3 is 1.59 bits per heavy atom. The summed E-state index contributed by atoms with van der Waals surface area (Å²) in [5.74, 6) is 0. The zero-order valence-electron chi connectivity index (χ0n) is 22.3. The first-order valence-corrected chi connectivity index (χ1v) is 13.4. The van der Waals surface area contributed by atoms with Crippen molar-refractivity contribution in [2.24, 2.45) is 0 Å². The molecule has 37 heavy (non-hydrogen) atoms. The van der Waals surface area contributed by atoms with E-state index in [4.69, 9.17) is 0 Å². The van der Waals surface area contributed by atoms with Gasteiger partial charge in [0.25, 0.3) is 0 Å². The Labute approximate surface area is 220 Å². The lowest BCUT2D eigenvalue weighted by atomic mass is 9.79. The highest BCUT2D eigenvalue weighted by Crippen LogP contribution is 2.57. The van der Waals surface area contributed by atoms with Crippen LogP contribution in [0.15, 0.2) is 103 Å². The Hall–Kier alpha value is -3.90. The fraction of sp³-hybridized carbons (Fsp3) is 0.189. The monoisotopic (exact) mass is 476 g/mol. The van der Waals surface area contributed by atoms with Gasteiger partial charge in [0, 0.05) is 10.8 Å². The van der Waals surface area contributed by atoms with E-state index in [0.717, 1.165) is 0 Å². The third kappa shape index (κ3) is 3.08. The first-order valence-electron chi connectivity index (χ1n) is 13.4. The molecule has 0 bridgehead atoms. The van der Waals surface area contributed by atoms with Crippen LogP contribution in [0.5, 0.6) is 0 Å². The minimum Gasteiger partial charge on any atom is -0.0622 e. The molecule has 0 unspecified atom stereocenters. The van der Waals surface area contributed by atoms with Crippen LogP contribution in [0.2, 0.25) is 0 Å². The fourth-order valence-electron chi connectivity index (χ4n) is 6.89. The minimum absolute atomic E-state index is 0.0464. The summed E-state index contributed by atoms with van der Waals surface area (Å²) < 4.78 is 0. The van der Waals surface area contributed by atoms with E-state index in [1.807, 2.05) is 0 Å². The molecule has 0 nitrogen and oxygen atoms in total. The van der Waals surface area contributed by atoms with Crippen molar-refractivity contribution in [3.8, 4) is 44.5 Å². The average molecular weight is 477 g/mol. The lowest BCUT2D eigenvalue weighted by Gasteiger charge is -2.24. The Kier molecular flexibility index (Phi) is 4.56. The van der Waals surface area contributed by atoms with E-state index in [2.05, 4.69) is 138 Å². The van der Waals surface area contributed by atoms with Crippen molar-refractivity contribution in [2.45, 2.75) is 45.4 Å². The van der Waals surface area contributed by atoms with Crippen LogP contribution in [0.3, 0.4) is 0 Å². The highest BCUT2D eigenvalue weighted by molar-refractivity contribution is 5.92. The van der Waals surface area contributed by atoms with Gasteiger partial charge in [-0.25, -0.2) is 0 Å². The second kappa shape index (κ2) is 7.56. The smallest absolute Gasteiger partial charge is 0.0159 e. The van der Waals surface area contributed by atoms with Gasteiger partial charge in [-0.2, -0.15) is 0 Å². The van der Waals surface area contributed by atoms with E-state index < -0.39 is 0 Å². The number of rotatable bonds is 2. The van der Waals surface area contributed by atoms with Crippen LogP contribution in [-0.4, -0.2) is 0 Å². The molecule has 5 aromatic carbocycles. The van der Waals surface area contributed by atoms with E-state index in [1.165, 1.54) is 72.3 Å². The molecular formula is C37H32. The summed E-state index contributed by atoms with van der Waals surface area (Å²) in [6, 6.07) is 38.4. The number of aryl methyl sites for hydroxylation is 1. The second-order valence-corrected chi connectivity index (χ2v) is 11.9. The topological polar surface area (TPSA) is 0 Å². The maximum absolute atomic E-state index is 2.52. The van der Waals surface area contributed by atoms with Crippen molar-refractivity contribution < 1.29 is 0 Å². The summed E-state index contributed by atoms with van der Waals surface area (Å²) >= 11 is 0. The van der Waals surface area contributed by atoms with Gasteiger partial charge in [0.2, 0.25) is 0 Å². The molecule has 2 aliphatic carbocycles. The Bertz CT molecular complexity index is 1700. The van der Waals surface area contributed by atoms with Gasteiger partial charge in [-0.05, 0) is 104 Å². The van der Waals surface area contributed by atoms with Crippen molar-refractivity contribution >= 4 is 0 Å². The highest BCUT2D eigenvalue weighted by atomic mass is 14.4. The third-order valence-corrected chi connectivity index (χ3v) is 8.98. The maximum atomic E-state index is 2.52.